The van der Waals surface area contributed by atoms with E-state index in [0.29, 0.717) is 0 Å². The maximum absolute atomic E-state index is 11.5. The van der Waals surface area contributed by atoms with Gasteiger partial charge in [0.15, 0.2) is 5.03 Å². The van der Waals surface area contributed by atoms with Crippen molar-refractivity contribution in [3.05, 3.63) is 12.5 Å². The van der Waals surface area contributed by atoms with Crippen LogP contribution in [0.4, 0.5) is 0 Å². The van der Waals surface area contributed by atoms with Gasteiger partial charge in [-0.15, -0.1) is 0 Å². The summed E-state index contributed by atoms with van der Waals surface area (Å²) in [7, 11) is -3.58. The third kappa shape index (κ3) is 3.01. The van der Waals surface area contributed by atoms with Gasteiger partial charge in [0, 0.05) is 18.8 Å². The number of aliphatic hydroxyl groups is 1. The van der Waals surface area contributed by atoms with Gasteiger partial charge < -0.3 is 9.67 Å². The van der Waals surface area contributed by atoms with Crippen LogP contribution < -0.4 is 4.72 Å². The van der Waals surface area contributed by atoms with E-state index in [4.69, 9.17) is 5.11 Å². The van der Waals surface area contributed by atoms with Gasteiger partial charge in [-0.05, 0) is 13.8 Å². The van der Waals surface area contributed by atoms with E-state index >= 15 is 0 Å². The molecular weight excluding hydrogens is 218 g/mol. The van der Waals surface area contributed by atoms with Crippen molar-refractivity contribution in [1.29, 1.82) is 0 Å². The molecule has 0 fully saturated rings. The number of rotatable bonds is 5. The lowest BCUT2D eigenvalue weighted by molar-refractivity contribution is 0.301. The van der Waals surface area contributed by atoms with Crippen LogP contribution in [0.25, 0.3) is 0 Å². The van der Waals surface area contributed by atoms with E-state index in [1.165, 1.54) is 12.5 Å². The Morgan fingerprint density at radius 2 is 2.27 bits per heavy atom. The van der Waals surface area contributed by atoms with Gasteiger partial charge in [0.2, 0.25) is 0 Å². The van der Waals surface area contributed by atoms with Gasteiger partial charge >= 0.3 is 0 Å². The molecule has 2 N–H and O–H groups in total. The molecule has 6 nitrogen and oxygen atoms in total. The zero-order valence-corrected chi connectivity index (χ0v) is 9.53. The summed E-state index contributed by atoms with van der Waals surface area (Å²) in [4.78, 5) is 3.79. The Bertz CT molecular complexity index is 411. The second-order valence-corrected chi connectivity index (χ2v) is 5.09. The first kappa shape index (κ1) is 12.2. The van der Waals surface area contributed by atoms with Crippen LogP contribution in [0.2, 0.25) is 0 Å². The molecule has 1 rings (SSSR count). The maximum Gasteiger partial charge on any atom is 0.259 e. The van der Waals surface area contributed by atoms with E-state index in [1.54, 1.807) is 4.57 Å². The highest BCUT2D eigenvalue weighted by Gasteiger charge is 2.16. The molecule has 0 atom stereocenters. The van der Waals surface area contributed by atoms with Crippen molar-refractivity contribution in [3.8, 4) is 0 Å². The van der Waals surface area contributed by atoms with E-state index in [-0.39, 0.29) is 24.2 Å². The van der Waals surface area contributed by atoms with Crippen molar-refractivity contribution in [2.45, 2.75) is 24.9 Å². The van der Waals surface area contributed by atoms with Gasteiger partial charge in [-0.25, -0.2) is 18.1 Å². The second-order valence-electron chi connectivity index (χ2n) is 3.37. The van der Waals surface area contributed by atoms with Crippen LogP contribution in [0.15, 0.2) is 17.6 Å². The van der Waals surface area contributed by atoms with E-state index < -0.39 is 10.0 Å². The second kappa shape index (κ2) is 4.73. The highest BCUT2D eigenvalue weighted by Crippen LogP contribution is 2.09. The minimum absolute atomic E-state index is 0.00310. The van der Waals surface area contributed by atoms with Gasteiger partial charge in [-0.2, -0.15) is 0 Å². The Morgan fingerprint density at radius 1 is 1.60 bits per heavy atom. The summed E-state index contributed by atoms with van der Waals surface area (Å²) in [6.07, 6.45) is 2.93. The predicted molar refractivity (Wildman–Crippen MR) is 54.9 cm³/mol. The first-order valence-electron chi connectivity index (χ1n) is 4.61. The monoisotopic (exact) mass is 233 g/mol. The third-order valence-corrected chi connectivity index (χ3v) is 3.20. The molecule has 0 spiro atoms. The summed E-state index contributed by atoms with van der Waals surface area (Å²) in [5, 5.41) is 8.49. The lowest BCUT2D eigenvalue weighted by Crippen LogP contribution is -2.26. The molecule has 1 aromatic rings. The van der Waals surface area contributed by atoms with Crippen LogP contribution in [-0.4, -0.2) is 36.2 Å². The SMILES string of the molecule is CC(C)n1cnc(S(=O)(=O)NCCO)c1. The van der Waals surface area contributed by atoms with Gasteiger partial charge in [-0.1, -0.05) is 0 Å². The van der Waals surface area contributed by atoms with E-state index in [2.05, 4.69) is 9.71 Å². The highest BCUT2D eigenvalue weighted by molar-refractivity contribution is 7.89. The van der Waals surface area contributed by atoms with Crippen molar-refractivity contribution in [1.82, 2.24) is 14.3 Å². The quantitative estimate of drug-likeness (QED) is 0.733. The molecule has 86 valence electrons. The Hall–Kier alpha value is -0.920. The fourth-order valence-electron chi connectivity index (χ4n) is 0.993. The molecule has 7 heteroatoms. The zero-order chi connectivity index (χ0) is 11.5. The number of imidazole rings is 1. The summed E-state index contributed by atoms with van der Waals surface area (Å²) in [6, 6.07) is 0.166. The number of hydrogen-bond donors (Lipinski definition) is 2. The van der Waals surface area contributed by atoms with E-state index in [0.717, 1.165) is 0 Å². The van der Waals surface area contributed by atoms with Crippen LogP contribution >= 0.6 is 0 Å². The molecule has 0 saturated heterocycles. The minimum Gasteiger partial charge on any atom is -0.395 e. The van der Waals surface area contributed by atoms with Gasteiger partial charge in [0.05, 0.1) is 12.9 Å². The standard InChI is InChI=1S/C8H15N3O3S/c1-7(2)11-5-8(9-6-11)15(13,14)10-3-4-12/h5-7,10,12H,3-4H2,1-2H3. The lowest BCUT2D eigenvalue weighted by Gasteiger charge is -2.04. The average molecular weight is 233 g/mol. The fourth-order valence-corrected chi connectivity index (χ4v) is 1.95. The smallest absolute Gasteiger partial charge is 0.259 e. The molecule has 0 aromatic carbocycles. The molecule has 0 aliphatic rings. The van der Waals surface area contributed by atoms with Crippen molar-refractivity contribution in [3.63, 3.8) is 0 Å². The van der Waals surface area contributed by atoms with Gasteiger partial charge in [-0.3, -0.25) is 0 Å². The van der Waals surface area contributed by atoms with Crippen molar-refractivity contribution >= 4 is 10.0 Å². The topological polar surface area (TPSA) is 84.2 Å². The summed E-state index contributed by atoms with van der Waals surface area (Å²) >= 11 is 0. The zero-order valence-electron chi connectivity index (χ0n) is 8.71. The summed E-state index contributed by atoms with van der Waals surface area (Å²) in [5.74, 6) is 0. The number of hydrogen-bond acceptors (Lipinski definition) is 4. The number of nitrogens with zero attached hydrogens (tertiary/aromatic N) is 2. The largest absolute Gasteiger partial charge is 0.395 e. The Morgan fingerprint density at radius 3 is 2.73 bits per heavy atom. The van der Waals surface area contributed by atoms with Crippen LogP contribution in [0, 0.1) is 0 Å². The van der Waals surface area contributed by atoms with Crippen LogP contribution in [0.3, 0.4) is 0 Å². The Labute approximate surface area is 89.0 Å². The number of nitrogens with one attached hydrogen (secondary N) is 1. The van der Waals surface area contributed by atoms with Crippen molar-refractivity contribution in [2.75, 3.05) is 13.2 Å². The van der Waals surface area contributed by atoms with Crippen LogP contribution in [0.1, 0.15) is 19.9 Å². The molecule has 0 aliphatic carbocycles. The predicted octanol–water partition coefficient (Wildman–Crippen LogP) is -0.265. The van der Waals surface area contributed by atoms with Gasteiger partial charge in [0.25, 0.3) is 10.0 Å². The molecule has 1 heterocycles. The fraction of sp³-hybridized carbons (Fsp3) is 0.625. The van der Waals surface area contributed by atoms with E-state index in [9.17, 15) is 8.42 Å². The van der Waals surface area contributed by atoms with Crippen LogP contribution in [0.5, 0.6) is 0 Å². The van der Waals surface area contributed by atoms with E-state index in [1.807, 2.05) is 13.8 Å². The molecule has 0 radical (unpaired) electrons. The minimum atomic E-state index is -3.58. The number of sulfonamides is 1. The summed E-state index contributed by atoms with van der Waals surface area (Å²) in [6.45, 7) is 3.62. The third-order valence-electron chi connectivity index (χ3n) is 1.85. The lowest BCUT2D eigenvalue weighted by atomic mass is 10.4. The Kier molecular flexibility index (Phi) is 3.83. The molecule has 0 amide bonds. The summed E-state index contributed by atoms with van der Waals surface area (Å²) in [5.41, 5.74) is 0. The molecule has 15 heavy (non-hydrogen) atoms. The van der Waals surface area contributed by atoms with Crippen molar-refractivity contribution < 1.29 is 13.5 Å². The molecule has 0 aliphatic heterocycles. The Balaban J connectivity index is 2.86. The molecule has 0 bridgehead atoms. The average Bonchev–Trinajstić information content (AvgIpc) is 2.64. The first-order chi connectivity index (χ1) is 6.97. The number of aromatic nitrogens is 2. The number of aliphatic hydroxyl groups excluding tert-OH is 1. The van der Waals surface area contributed by atoms with Crippen molar-refractivity contribution in [2.24, 2.45) is 0 Å². The molecule has 0 unspecified atom stereocenters. The van der Waals surface area contributed by atoms with Gasteiger partial charge in [0.1, 0.15) is 0 Å². The molecule has 0 saturated carbocycles. The maximum atomic E-state index is 11.5. The van der Waals surface area contributed by atoms with Crippen LogP contribution in [-0.2, 0) is 10.0 Å². The normalized spacial score (nSPS) is 12.3. The molecular formula is C8H15N3O3S. The highest BCUT2D eigenvalue weighted by atomic mass is 32.2. The summed E-state index contributed by atoms with van der Waals surface area (Å²) < 4.78 is 27.0. The molecule has 1 aromatic heterocycles. The first-order valence-corrected chi connectivity index (χ1v) is 6.09.